The highest BCUT2D eigenvalue weighted by Crippen LogP contribution is 2.19. The number of hydrogen-bond acceptors (Lipinski definition) is 4. The van der Waals surface area contributed by atoms with Crippen LogP contribution in [-0.4, -0.2) is 34.0 Å². The van der Waals surface area contributed by atoms with E-state index in [0.717, 1.165) is 43.4 Å². The van der Waals surface area contributed by atoms with Gasteiger partial charge in [-0.1, -0.05) is 6.92 Å². The zero-order valence-corrected chi connectivity index (χ0v) is 11.9. The molecule has 1 atom stereocenters. The Hall–Kier alpha value is -1.46. The molecule has 0 bridgehead atoms. The second kappa shape index (κ2) is 6.33. The van der Waals surface area contributed by atoms with Crippen molar-refractivity contribution in [2.75, 3.05) is 13.2 Å². The standard InChI is InChI=1S/C15H21N3O2/c1-2-12-10-18(15-13(12)9-16-11-17-15)6-8-20-14-5-3-4-7-19-14/h9-11,14H,2-8H2,1H3. The second-order valence-corrected chi connectivity index (χ2v) is 5.13. The van der Waals surface area contributed by atoms with Crippen LogP contribution in [0, 0.1) is 0 Å². The van der Waals surface area contributed by atoms with Gasteiger partial charge in [0.1, 0.15) is 12.0 Å². The number of ether oxygens (including phenoxy) is 2. The SMILES string of the molecule is CCc1cn(CCOC2CCCCO2)c2ncncc12. The third kappa shape index (κ3) is 2.83. The summed E-state index contributed by atoms with van der Waals surface area (Å²) in [6, 6.07) is 0. The Bertz CT molecular complexity index is 561. The summed E-state index contributed by atoms with van der Waals surface area (Å²) in [6.45, 7) is 4.43. The largest absolute Gasteiger partial charge is 0.353 e. The van der Waals surface area contributed by atoms with Crippen molar-refractivity contribution < 1.29 is 9.47 Å². The molecule has 108 valence electrons. The quantitative estimate of drug-likeness (QED) is 0.841. The zero-order valence-electron chi connectivity index (χ0n) is 11.9. The highest BCUT2D eigenvalue weighted by molar-refractivity contribution is 5.79. The molecule has 20 heavy (non-hydrogen) atoms. The fraction of sp³-hybridized carbons (Fsp3) is 0.600. The molecule has 3 rings (SSSR count). The third-order valence-electron chi connectivity index (χ3n) is 3.78. The lowest BCUT2D eigenvalue weighted by Gasteiger charge is -2.22. The summed E-state index contributed by atoms with van der Waals surface area (Å²) in [7, 11) is 0. The Balaban J connectivity index is 1.65. The van der Waals surface area contributed by atoms with Crippen molar-refractivity contribution in [3.8, 4) is 0 Å². The Morgan fingerprint density at radius 2 is 2.40 bits per heavy atom. The molecule has 2 aromatic heterocycles. The average Bonchev–Trinajstić information content (AvgIpc) is 2.87. The van der Waals surface area contributed by atoms with Gasteiger partial charge in [-0.05, 0) is 31.2 Å². The van der Waals surface area contributed by atoms with E-state index in [0.29, 0.717) is 6.61 Å². The summed E-state index contributed by atoms with van der Waals surface area (Å²) >= 11 is 0. The van der Waals surface area contributed by atoms with E-state index in [4.69, 9.17) is 9.47 Å². The lowest BCUT2D eigenvalue weighted by atomic mass is 10.2. The Kier molecular flexibility index (Phi) is 4.28. The molecule has 5 heteroatoms. The molecule has 1 aliphatic rings. The molecular formula is C15H21N3O2. The number of hydrogen-bond donors (Lipinski definition) is 0. The summed E-state index contributed by atoms with van der Waals surface area (Å²) in [6.07, 6.45) is 9.98. The molecule has 1 unspecified atom stereocenters. The van der Waals surface area contributed by atoms with Gasteiger partial charge in [0.2, 0.25) is 0 Å². The molecule has 1 aliphatic heterocycles. The van der Waals surface area contributed by atoms with Gasteiger partial charge in [-0.15, -0.1) is 0 Å². The predicted octanol–water partition coefficient (Wildman–Crippen LogP) is 2.54. The van der Waals surface area contributed by atoms with Gasteiger partial charge in [-0.2, -0.15) is 0 Å². The smallest absolute Gasteiger partial charge is 0.157 e. The molecule has 1 fully saturated rings. The van der Waals surface area contributed by atoms with Gasteiger partial charge in [0, 0.05) is 30.9 Å². The molecule has 0 saturated carbocycles. The summed E-state index contributed by atoms with van der Waals surface area (Å²) in [5.74, 6) is 0. The molecular weight excluding hydrogens is 254 g/mol. The van der Waals surface area contributed by atoms with E-state index in [9.17, 15) is 0 Å². The van der Waals surface area contributed by atoms with Crippen LogP contribution in [0.4, 0.5) is 0 Å². The molecule has 0 amide bonds. The topological polar surface area (TPSA) is 49.2 Å². The molecule has 0 aromatic carbocycles. The maximum Gasteiger partial charge on any atom is 0.157 e. The van der Waals surface area contributed by atoms with E-state index in [2.05, 4.69) is 27.7 Å². The molecule has 2 aromatic rings. The van der Waals surface area contributed by atoms with Gasteiger partial charge >= 0.3 is 0 Å². The first-order chi connectivity index (χ1) is 9.88. The van der Waals surface area contributed by atoms with Gasteiger partial charge in [0.25, 0.3) is 0 Å². The first kappa shape index (κ1) is 13.5. The Labute approximate surface area is 118 Å². The van der Waals surface area contributed by atoms with Crippen LogP contribution < -0.4 is 0 Å². The number of aryl methyl sites for hydroxylation is 1. The Morgan fingerprint density at radius 3 is 3.20 bits per heavy atom. The van der Waals surface area contributed by atoms with Crippen LogP contribution in [0.3, 0.4) is 0 Å². The van der Waals surface area contributed by atoms with Crippen LogP contribution in [0.15, 0.2) is 18.7 Å². The first-order valence-electron chi connectivity index (χ1n) is 7.39. The number of aromatic nitrogens is 3. The van der Waals surface area contributed by atoms with Gasteiger partial charge < -0.3 is 14.0 Å². The van der Waals surface area contributed by atoms with Gasteiger partial charge in [-0.3, -0.25) is 0 Å². The molecule has 0 radical (unpaired) electrons. The summed E-state index contributed by atoms with van der Waals surface area (Å²) < 4.78 is 13.5. The van der Waals surface area contributed by atoms with Crippen molar-refractivity contribution in [3.05, 3.63) is 24.3 Å². The normalized spacial score (nSPS) is 19.6. The third-order valence-corrected chi connectivity index (χ3v) is 3.78. The van der Waals surface area contributed by atoms with Gasteiger partial charge in [0.15, 0.2) is 6.29 Å². The average molecular weight is 275 g/mol. The van der Waals surface area contributed by atoms with Crippen molar-refractivity contribution in [2.24, 2.45) is 0 Å². The van der Waals surface area contributed by atoms with Crippen molar-refractivity contribution in [3.63, 3.8) is 0 Å². The summed E-state index contributed by atoms with van der Waals surface area (Å²) in [4.78, 5) is 8.49. The number of rotatable bonds is 5. The lowest BCUT2D eigenvalue weighted by Crippen LogP contribution is -2.23. The van der Waals surface area contributed by atoms with E-state index < -0.39 is 0 Å². The van der Waals surface area contributed by atoms with Crippen molar-refractivity contribution in [1.82, 2.24) is 14.5 Å². The number of nitrogens with zero attached hydrogens (tertiary/aromatic N) is 3. The van der Waals surface area contributed by atoms with Crippen LogP contribution in [0.5, 0.6) is 0 Å². The number of fused-ring (bicyclic) bond motifs is 1. The highest BCUT2D eigenvalue weighted by Gasteiger charge is 2.14. The zero-order chi connectivity index (χ0) is 13.8. The fourth-order valence-electron chi connectivity index (χ4n) is 2.67. The van der Waals surface area contributed by atoms with E-state index in [-0.39, 0.29) is 6.29 Å². The predicted molar refractivity (Wildman–Crippen MR) is 76.4 cm³/mol. The van der Waals surface area contributed by atoms with Crippen molar-refractivity contribution in [2.45, 2.75) is 45.4 Å². The molecule has 0 aliphatic carbocycles. The van der Waals surface area contributed by atoms with E-state index in [1.54, 1.807) is 6.33 Å². The van der Waals surface area contributed by atoms with Gasteiger partial charge in [-0.25, -0.2) is 9.97 Å². The minimum atomic E-state index is -0.0224. The highest BCUT2D eigenvalue weighted by atomic mass is 16.7. The second-order valence-electron chi connectivity index (χ2n) is 5.13. The van der Waals surface area contributed by atoms with E-state index >= 15 is 0 Å². The van der Waals surface area contributed by atoms with Crippen LogP contribution in [0.2, 0.25) is 0 Å². The molecule has 1 saturated heterocycles. The maximum absolute atomic E-state index is 5.79. The summed E-state index contributed by atoms with van der Waals surface area (Å²) in [5.41, 5.74) is 2.28. The van der Waals surface area contributed by atoms with Crippen LogP contribution >= 0.6 is 0 Å². The van der Waals surface area contributed by atoms with Crippen molar-refractivity contribution >= 4 is 11.0 Å². The fourth-order valence-corrected chi connectivity index (χ4v) is 2.67. The molecule has 5 nitrogen and oxygen atoms in total. The molecule has 3 heterocycles. The van der Waals surface area contributed by atoms with Gasteiger partial charge in [0.05, 0.1) is 6.61 Å². The summed E-state index contributed by atoms with van der Waals surface area (Å²) in [5, 5.41) is 1.14. The monoisotopic (exact) mass is 275 g/mol. The molecule has 0 spiro atoms. The minimum Gasteiger partial charge on any atom is -0.353 e. The van der Waals surface area contributed by atoms with E-state index in [1.807, 2.05) is 6.20 Å². The lowest BCUT2D eigenvalue weighted by molar-refractivity contribution is -0.163. The van der Waals surface area contributed by atoms with Crippen LogP contribution in [0.1, 0.15) is 31.7 Å². The first-order valence-corrected chi connectivity index (χ1v) is 7.39. The molecule has 0 N–H and O–H groups in total. The minimum absolute atomic E-state index is 0.0224. The Morgan fingerprint density at radius 1 is 1.45 bits per heavy atom. The maximum atomic E-state index is 5.79. The van der Waals surface area contributed by atoms with Crippen LogP contribution in [-0.2, 0) is 22.4 Å². The van der Waals surface area contributed by atoms with Crippen molar-refractivity contribution in [1.29, 1.82) is 0 Å². The van der Waals surface area contributed by atoms with E-state index in [1.165, 1.54) is 12.0 Å². The van der Waals surface area contributed by atoms with Crippen LogP contribution in [0.25, 0.3) is 11.0 Å².